The average Bonchev–Trinajstić information content (AvgIpc) is 2.30. The zero-order valence-corrected chi connectivity index (χ0v) is 14.1. The molecule has 20 heavy (non-hydrogen) atoms. The zero-order valence-electron chi connectivity index (χ0n) is 11.8. The summed E-state index contributed by atoms with van der Waals surface area (Å²) in [6.07, 6.45) is 0. The molecule has 0 bridgehead atoms. The molecule has 0 aliphatic rings. The van der Waals surface area contributed by atoms with Gasteiger partial charge < -0.3 is 10.1 Å². The van der Waals surface area contributed by atoms with Crippen molar-refractivity contribution in [3.8, 4) is 0 Å². The number of rotatable bonds is 3. The van der Waals surface area contributed by atoms with Crippen molar-refractivity contribution in [2.24, 2.45) is 0 Å². The third-order valence-corrected chi connectivity index (χ3v) is 3.52. The summed E-state index contributed by atoms with van der Waals surface area (Å²) in [6, 6.07) is 4.09. The summed E-state index contributed by atoms with van der Waals surface area (Å²) in [6.45, 7) is 6.89. The molecule has 1 rings (SSSR count). The smallest absolute Gasteiger partial charge is 0.328 e. The maximum absolute atomic E-state index is 12.0. The number of benzene rings is 1. The highest BCUT2D eigenvalue weighted by molar-refractivity contribution is 9.10. The first-order valence-electron chi connectivity index (χ1n) is 6.09. The van der Waals surface area contributed by atoms with E-state index < -0.39 is 17.6 Å². The van der Waals surface area contributed by atoms with Crippen LogP contribution in [-0.4, -0.2) is 23.5 Å². The minimum atomic E-state index is -0.732. The normalized spacial score (nSPS) is 12.7. The van der Waals surface area contributed by atoms with Crippen molar-refractivity contribution in [2.75, 3.05) is 0 Å². The van der Waals surface area contributed by atoms with Gasteiger partial charge in [-0.15, -0.1) is 0 Å². The third-order valence-electron chi connectivity index (χ3n) is 2.29. The fraction of sp³-hybridized carbons (Fsp3) is 0.429. The molecular weight excluding hydrogens is 346 g/mol. The minimum Gasteiger partial charge on any atom is -0.458 e. The van der Waals surface area contributed by atoms with E-state index in [4.69, 9.17) is 16.3 Å². The lowest BCUT2D eigenvalue weighted by Gasteiger charge is -2.22. The molecule has 1 aromatic carbocycles. The number of carbonyl (C=O) groups excluding carboxylic acids is 2. The molecule has 0 fully saturated rings. The quantitative estimate of drug-likeness (QED) is 0.836. The van der Waals surface area contributed by atoms with Crippen LogP contribution in [0.4, 0.5) is 0 Å². The maximum atomic E-state index is 12.0. The number of ether oxygens (including phenoxy) is 1. The van der Waals surface area contributed by atoms with Crippen molar-refractivity contribution in [3.05, 3.63) is 33.3 Å². The van der Waals surface area contributed by atoms with Crippen LogP contribution in [0, 0.1) is 0 Å². The summed E-state index contributed by atoms with van der Waals surface area (Å²) >= 11 is 9.17. The van der Waals surface area contributed by atoms with Crippen LogP contribution in [-0.2, 0) is 9.53 Å². The lowest BCUT2D eigenvalue weighted by Crippen LogP contribution is -2.42. The van der Waals surface area contributed by atoms with Gasteiger partial charge in [0.2, 0.25) is 0 Å². The van der Waals surface area contributed by atoms with Gasteiger partial charge in [0.15, 0.2) is 0 Å². The Balaban J connectivity index is 2.70. The predicted octanol–water partition coefficient (Wildman–Crippen LogP) is 3.56. The zero-order chi connectivity index (χ0) is 15.5. The fourth-order valence-corrected chi connectivity index (χ4v) is 1.79. The molecule has 0 aliphatic carbocycles. The lowest BCUT2D eigenvalue weighted by atomic mass is 10.2. The molecule has 1 atom stereocenters. The standard InChI is InChI=1S/C14H17BrClNO3/c1-8(13(19)20-14(2,3)4)17-12(18)9-5-6-10(15)11(16)7-9/h5-8H,1-4H3,(H,17,18)/t8-/m0/s1. The number of carbonyl (C=O) groups is 2. The number of nitrogens with one attached hydrogen (secondary N) is 1. The van der Waals surface area contributed by atoms with Crippen LogP contribution in [0.15, 0.2) is 22.7 Å². The van der Waals surface area contributed by atoms with Crippen LogP contribution in [0.25, 0.3) is 0 Å². The third kappa shape index (κ3) is 5.13. The minimum absolute atomic E-state index is 0.377. The first-order chi connectivity index (χ1) is 9.10. The first-order valence-corrected chi connectivity index (χ1v) is 7.26. The second-order valence-corrected chi connectivity index (χ2v) is 6.62. The van der Waals surface area contributed by atoms with E-state index in [0.29, 0.717) is 15.1 Å². The summed E-state index contributed by atoms with van der Waals surface area (Å²) in [7, 11) is 0. The second kappa shape index (κ2) is 6.59. The molecule has 0 spiro atoms. The Kier molecular flexibility index (Phi) is 5.59. The SMILES string of the molecule is C[C@H](NC(=O)c1ccc(Br)c(Cl)c1)C(=O)OC(C)(C)C. The van der Waals surface area contributed by atoms with Crippen LogP contribution in [0.1, 0.15) is 38.1 Å². The molecule has 1 N–H and O–H groups in total. The van der Waals surface area contributed by atoms with E-state index in [-0.39, 0.29) is 5.91 Å². The molecule has 1 aromatic rings. The second-order valence-electron chi connectivity index (χ2n) is 5.36. The first kappa shape index (κ1) is 17.0. The highest BCUT2D eigenvalue weighted by Crippen LogP contribution is 2.23. The highest BCUT2D eigenvalue weighted by Gasteiger charge is 2.23. The van der Waals surface area contributed by atoms with Crippen LogP contribution in [0.3, 0.4) is 0 Å². The Morgan fingerprint density at radius 1 is 1.35 bits per heavy atom. The molecule has 4 nitrogen and oxygen atoms in total. The van der Waals surface area contributed by atoms with Crippen LogP contribution >= 0.6 is 27.5 Å². The van der Waals surface area contributed by atoms with E-state index in [1.807, 2.05) is 0 Å². The van der Waals surface area contributed by atoms with Gasteiger partial charge in [0.05, 0.1) is 5.02 Å². The highest BCUT2D eigenvalue weighted by atomic mass is 79.9. The molecule has 0 heterocycles. The molecule has 0 aromatic heterocycles. The molecule has 0 saturated heterocycles. The van der Waals surface area contributed by atoms with Crippen LogP contribution in [0.2, 0.25) is 5.02 Å². The van der Waals surface area contributed by atoms with E-state index in [0.717, 1.165) is 0 Å². The Labute approximate surface area is 132 Å². The van der Waals surface area contributed by atoms with Gasteiger partial charge in [0.1, 0.15) is 11.6 Å². The molecule has 0 radical (unpaired) electrons. The number of halogens is 2. The van der Waals surface area contributed by atoms with Gasteiger partial charge in [0, 0.05) is 10.0 Å². The van der Waals surface area contributed by atoms with Gasteiger partial charge in [0.25, 0.3) is 5.91 Å². The molecule has 0 unspecified atom stereocenters. The van der Waals surface area contributed by atoms with Gasteiger partial charge in [-0.3, -0.25) is 4.79 Å². The van der Waals surface area contributed by atoms with Crippen molar-refractivity contribution in [2.45, 2.75) is 39.3 Å². The molecule has 110 valence electrons. The van der Waals surface area contributed by atoms with Crippen molar-refractivity contribution < 1.29 is 14.3 Å². The molecule has 0 saturated carbocycles. The summed E-state index contributed by atoms with van der Waals surface area (Å²) in [5.41, 5.74) is -0.203. The van der Waals surface area contributed by atoms with Crippen molar-refractivity contribution >= 4 is 39.4 Å². The van der Waals surface area contributed by atoms with Crippen LogP contribution in [0.5, 0.6) is 0 Å². The Hall–Kier alpha value is -1.07. The monoisotopic (exact) mass is 361 g/mol. The molecule has 0 aliphatic heterocycles. The summed E-state index contributed by atoms with van der Waals surface area (Å²) in [4.78, 5) is 23.8. The Morgan fingerprint density at radius 2 is 1.95 bits per heavy atom. The van der Waals surface area contributed by atoms with E-state index >= 15 is 0 Å². The number of hydrogen-bond donors (Lipinski definition) is 1. The van der Waals surface area contributed by atoms with Gasteiger partial charge in [-0.05, 0) is 61.8 Å². The molecular formula is C14H17BrClNO3. The maximum Gasteiger partial charge on any atom is 0.328 e. The van der Waals surface area contributed by atoms with Gasteiger partial charge in [-0.2, -0.15) is 0 Å². The Bertz CT molecular complexity index is 526. The van der Waals surface area contributed by atoms with Crippen LogP contribution < -0.4 is 5.32 Å². The van der Waals surface area contributed by atoms with E-state index in [9.17, 15) is 9.59 Å². The van der Waals surface area contributed by atoms with Gasteiger partial charge >= 0.3 is 5.97 Å². The summed E-state index contributed by atoms with van der Waals surface area (Å²) in [5.74, 6) is -0.855. The lowest BCUT2D eigenvalue weighted by molar-refractivity contribution is -0.156. The summed E-state index contributed by atoms with van der Waals surface area (Å²) < 4.78 is 5.90. The van der Waals surface area contributed by atoms with Gasteiger partial charge in [-0.1, -0.05) is 11.6 Å². The van der Waals surface area contributed by atoms with Crippen molar-refractivity contribution in [1.82, 2.24) is 5.32 Å². The summed E-state index contributed by atoms with van der Waals surface area (Å²) in [5, 5.41) is 3.01. The molecule has 1 amide bonds. The van der Waals surface area contributed by atoms with E-state index in [1.165, 1.54) is 6.07 Å². The topological polar surface area (TPSA) is 55.4 Å². The van der Waals surface area contributed by atoms with E-state index in [1.54, 1.807) is 39.8 Å². The predicted molar refractivity (Wildman–Crippen MR) is 81.9 cm³/mol. The number of amides is 1. The van der Waals surface area contributed by atoms with E-state index in [2.05, 4.69) is 21.2 Å². The Morgan fingerprint density at radius 3 is 2.45 bits per heavy atom. The fourth-order valence-electron chi connectivity index (χ4n) is 1.37. The average molecular weight is 363 g/mol. The number of hydrogen-bond acceptors (Lipinski definition) is 3. The molecule has 6 heteroatoms. The van der Waals surface area contributed by atoms with Gasteiger partial charge in [-0.25, -0.2) is 4.79 Å². The number of esters is 1. The largest absolute Gasteiger partial charge is 0.458 e. The van der Waals surface area contributed by atoms with Crippen molar-refractivity contribution in [3.63, 3.8) is 0 Å². The van der Waals surface area contributed by atoms with Crippen molar-refractivity contribution in [1.29, 1.82) is 0 Å².